The van der Waals surface area contributed by atoms with Gasteiger partial charge in [-0.2, -0.15) is 11.8 Å². The lowest BCUT2D eigenvalue weighted by Gasteiger charge is -2.27. The summed E-state index contributed by atoms with van der Waals surface area (Å²) in [5.41, 5.74) is 22.4. The maximum absolute atomic E-state index is 14.0. The zero-order valence-corrected chi connectivity index (χ0v) is 79.0. The van der Waals surface area contributed by atoms with E-state index in [0.717, 1.165) is 18.7 Å². The molecule has 24 amide bonds. The van der Waals surface area contributed by atoms with Crippen molar-refractivity contribution in [3.05, 3.63) is 71.8 Å². The highest BCUT2D eigenvalue weighted by atomic mass is 32.2. The van der Waals surface area contributed by atoms with Gasteiger partial charge in [0, 0.05) is 12.8 Å². The Bertz CT molecular complexity index is 4800. The summed E-state index contributed by atoms with van der Waals surface area (Å²) in [7, 11) is 0. The molecule has 40 N–H and O–H groups in total. The van der Waals surface area contributed by atoms with Gasteiger partial charge in [0.2, 0.25) is 142 Å². The van der Waals surface area contributed by atoms with Gasteiger partial charge >= 0.3 is 11.9 Å². The van der Waals surface area contributed by atoms with Crippen LogP contribution in [-0.2, 0) is 137 Å². The Hall–Kier alpha value is -15.4. The Morgan fingerprint density at radius 1 is 0.276 bits per heavy atom. The maximum Gasteiger partial charge on any atom is 0.322 e. The minimum Gasteiger partial charge on any atom is -0.481 e. The van der Waals surface area contributed by atoms with E-state index >= 15 is 0 Å². The first kappa shape index (κ1) is 126. The normalized spacial score (nSPS) is 14.1. The average Bonchev–Trinajstić information content (AvgIpc) is 0.853. The number of rotatable bonds is 70. The maximum atomic E-state index is 14.0. The van der Waals surface area contributed by atoms with Gasteiger partial charge in [0.15, 0.2) is 0 Å². The van der Waals surface area contributed by atoms with Crippen molar-refractivity contribution in [2.24, 2.45) is 22.9 Å². The van der Waals surface area contributed by atoms with E-state index in [9.17, 15) is 166 Å². The molecule has 0 aliphatic heterocycles. The molecule has 63 heteroatoms. The molecule has 0 bridgehead atoms. The smallest absolute Gasteiger partial charge is 0.322 e. The fraction of sp³-hybridized carbons (Fsp3) is 0.537. The Morgan fingerprint density at radius 2 is 0.538 bits per heavy atom. The van der Waals surface area contributed by atoms with Crippen LogP contribution in [0, 0.1) is 0 Å². The third kappa shape index (κ3) is 49.2. The summed E-state index contributed by atoms with van der Waals surface area (Å²) in [4.78, 5) is 338. The number of hydrogen-bond acceptors (Lipinski definition) is 37. The third-order valence-electron chi connectivity index (χ3n) is 19.8. The minimum absolute atomic E-state index is 0.0446. The van der Waals surface area contributed by atoms with Crippen molar-refractivity contribution in [1.29, 1.82) is 0 Å². The monoisotopic (exact) mass is 2080 g/mol. The number of unbranched alkanes of at least 4 members (excludes halogenated alkanes) is 1. The zero-order valence-electron chi connectivity index (χ0n) is 78.2. The van der Waals surface area contributed by atoms with Crippen LogP contribution in [0.1, 0.15) is 63.0 Å². The van der Waals surface area contributed by atoms with E-state index in [1.165, 1.54) is 24.3 Å². The van der Waals surface area contributed by atoms with Crippen LogP contribution >= 0.6 is 11.8 Å². The van der Waals surface area contributed by atoms with Gasteiger partial charge in [-0.05, 0) is 62.3 Å². The number of nitrogens with two attached hydrogens (primary N) is 4. The second kappa shape index (κ2) is 67.9. The first-order valence-corrected chi connectivity index (χ1v) is 45.4. The number of nitrogens with one attached hydrogen (secondary N) is 22. The fourth-order valence-corrected chi connectivity index (χ4v) is 12.6. The number of aliphatic carboxylic acids is 2. The van der Waals surface area contributed by atoms with E-state index in [1.807, 2.05) is 16.0 Å². The van der Waals surface area contributed by atoms with Crippen molar-refractivity contribution in [1.82, 2.24) is 117 Å². The first-order valence-electron chi connectivity index (χ1n) is 44.0. The number of aliphatic hydroxyl groups is 8. The van der Waals surface area contributed by atoms with Crippen molar-refractivity contribution in [2.45, 2.75) is 161 Å². The molecule has 0 radical (unpaired) electrons. The quantitative estimate of drug-likeness (QED) is 0.0274. The number of thioether (sulfide) groups is 1. The minimum atomic E-state index is -2.13. The van der Waals surface area contributed by atoms with Crippen LogP contribution in [0.4, 0.5) is 0 Å². The highest BCUT2D eigenvalue weighted by Crippen LogP contribution is 2.11. The van der Waals surface area contributed by atoms with E-state index in [1.54, 1.807) is 42.7 Å². The molecule has 0 unspecified atom stereocenters. The second-order valence-electron chi connectivity index (χ2n) is 31.3. The Labute approximate surface area is 828 Å². The first-order chi connectivity index (χ1) is 68.6. The van der Waals surface area contributed by atoms with Gasteiger partial charge in [0.25, 0.3) is 0 Å². The predicted octanol–water partition coefficient (Wildman–Crippen LogP) is -22.0. The van der Waals surface area contributed by atoms with Gasteiger partial charge in [-0.15, -0.1) is 0 Å². The van der Waals surface area contributed by atoms with Gasteiger partial charge < -0.3 is 191 Å². The molecule has 145 heavy (non-hydrogen) atoms. The largest absolute Gasteiger partial charge is 0.481 e. The third-order valence-corrected chi connectivity index (χ3v) is 20.5. The lowest BCUT2D eigenvalue weighted by atomic mass is 10.0. The number of primary amides is 2. The Balaban J connectivity index is 2.13. The van der Waals surface area contributed by atoms with Gasteiger partial charge in [0.1, 0.15) is 103 Å². The lowest BCUT2D eigenvalue weighted by molar-refractivity contribution is -0.142. The summed E-state index contributed by atoms with van der Waals surface area (Å²) in [6, 6.07) is -12.9. The highest BCUT2D eigenvalue weighted by molar-refractivity contribution is 7.98. The summed E-state index contributed by atoms with van der Waals surface area (Å²) in [5.74, 6) is -31.5. The molecule has 0 aliphatic carbocycles. The predicted molar refractivity (Wildman–Crippen MR) is 494 cm³/mol. The van der Waals surface area contributed by atoms with Gasteiger partial charge in [-0.1, -0.05) is 60.7 Å². The molecular weight excluding hydrogens is 1960 g/mol. The summed E-state index contributed by atoms with van der Waals surface area (Å²) in [5, 5.41) is 145. The number of carbonyl (C=O) groups excluding carboxylic acids is 24. The van der Waals surface area contributed by atoms with Gasteiger partial charge in [0.05, 0.1) is 111 Å². The van der Waals surface area contributed by atoms with Crippen LogP contribution in [-0.4, -0.2) is 419 Å². The molecule has 804 valence electrons. The van der Waals surface area contributed by atoms with Crippen LogP contribution in [0.2, 0.25) is 0 Å². The van der Waals surface area contributed by atoms with E-state index in [4.69, 9.17) is 33.1 Å². The number of carboxylic acids is 2. The molecule has 16 atom stereocenters. The highest BCUT2D eigenvalue weighted by Gasteiger charge is 2.39. The fourth-order valence-electron chi connectivity index (χ4n) is 12.1. The van der Waals surface area contributed by atoms with Crippen molar-refractivity contribution in [3.63, 3.8) is 0 Å². The SMILES string of the molecule is CSCC[C@H](NC(=O)[C@H](CO)NC(=O)[C@H](CO)NC(=O)CNC(=O)[C@H](Cc1ccccc1)NC(=O)CNC(=O)CNC(=O)[C@H](CC(N)=O)NC(=O)[C@H](Cc1ccccc1)NC(=O)CNC(=O)[C@H](CO)NC(=O)CNC(=O)[C@H](CO)NC(=O)CNC(=O)[C@H](C)NC(=O)[C@H](CC(N)=O)NC(=O)[C@@H](N)CO)C(=O)N[C@@H](CC(=O)O)C(=O)N[C@@H](CO)C(=O)N[C@@H](CCCCN)C(=O)N[C@@H](CO)C(=O)N[C@@H](CO)C(=O)NCC(=O)O. The number of hydrogen-bond donors (Lipinski definition) is 36. The molecule has 2 rings (SSSR count). The second-order valence-corrected chi connectivity index (χ2v) is 32.3. The topological polar surface area (TPSA) is 1010 Å². The van der Waals surface area contributed by atoms with Gasteiger partial charge in [-0.25, -0.2) is 0 Å². The molecule has 0 saturated carbocycles. The molecule has 62 nitrogen and oxygen atoms in total. The van der Waals surface area contributed by atoms with Crippen molar-refractivity contribution >= 4 is 165 Å². The molecule has 2 aromatic rings. The van der Waals surface area contributed by atoms with Crippen LogP contribution in [0.3, 0.4) is 0 Å². The summed E-state index contributed by atoms with van der Waals surface area (Å²) in [6.07, 6.45) is -2.20. The molecule has 0 aromatic heterocycles. The van der Waals surface area contributed by atoms with Crippen molar-refractivity contribution in [2.75, 3.05) is 117 Å². The summed E-state index contributed by atoms with van der Waals surface area (Å²) >= 11 is 1.11. The number of carboxylic acid groups (broad SMARTS) is 2. The summed E-state index contributed by atoms with van der Waals surface area (Å²) < 4.78 is 0. The molecule has 2 aromatic carbocycles. The molecule has 0 aliphatic rings. The van der Waals surface area contributed by atoms with E-state index < -0.39 is 368 Å². The van der Waals surface area contributed by atoms with E-state index in [2.05, 4.69) is 101 Å². The molecule has 0 saturated heterocycles. The number of amides is 24. The van der Waals surface area contributed by atoms with Crippen molar-refractivity contribution < 1.29 is 176 Å². The average molecular weight is 2080 g/mol. The molecular formula is C82H124N26O36S. The van der Waals surface area contributed by atoms with Crippen LogP contribution in [0.5, 0.6) is 0 Å². The summed E-state index contributed by atoms with van der Waals surface area (Å²) in [6.45, 7) is -14.4. The standard InChI is InChI=1S/C82H124N26O36S/c1-39(94-76(138)48(22-58(86)118)102-68(130)42(84)31-109)67(129)88-26-62(122)97-50(32-110)72(134)92-29-63(123)98-51(33-111)71(133)91-27-61(121)96-46(20-41-13-7-4-8-14-41)77(139)103-47(21-57(85)117)70(132)89-24-59(119)87-25-60(120)95-45(19-40-11-5-3-6-12-40)69(131)90-28-64(124)99-53(35-113)79(141)108-55(37-115)81(143)101-44(16-18-145-2)75(137)104-49(23-65(125)126)78(140)107-54(36-114)80(142)100-43(15-9-10-17-83)74(136)106-56(38-116)82(144)105-52(34-112)73(135)93-30-66(127)128/h3-8,11-14,39,42-56,109-116H,9-10,15-38,83-84H2,1-2H3,(H2,85,117)(H2,86,118)(H,87,119)(H,88,129)(H,89,132)(H,90,131)(H,91,133)(H,92,134)(H,93,135)(H,94,138)(H,95,120)(H,96,121)(H,97,122)(H,98,123)(H,99,124)(H,100,142)(H,101,143)(H,102,130)(H,103,139)(H,104,137)(H,105,144)(H,106,136)(H,107,140)(H,108,141)(H,125,126)(H,127,128)/t39-,42-,43-,44-,45-,46-,47-,48-,49-,50-,51-,52-,53-,54-,55-,56-/m0/s1. The lowest BCUT2D eigenvalue weighted by Crippen LogP contribution is -2.61. The number of benzene rings is 2. The number of carbonyl (C=O) groups is 26. The van der Waals surface area contributed by atoms with E-state index in [-0.39, 0.29) is 50.8 Å². The van der Waals surface area contributed by atoms with Crippen molar-refractivity contribution in [3.8, 4) is 0 Å². The van der Waals surface area contributed by atoms with Crippen LogP contribution in [0.15, 0.2) is 60.7 Å². The molecule has 0 heterocycles. The Kier molecular flexibility index (Phi) is 58.9. The molecule has 0 fully saturated rings. The van der Waals surface area contributed by atoms with Gasteiger partial charge in [-0.3, -0.25) is 125 Å². The van der Waals surface area contributed by atoms with Crippen LogP contribution in [0.25, 0.3) is 0 Å². The zero-order chi connectivity index (χ0) is 109. The number of aliphatic hydroxyl groups excluding tert-OH is 8. The Morgan fingerprint density at radius 3 is 0.897 bits per heavy atom. The molecule has 0 spiro atoms. The van der Waals surface area contributed by atoms with Crippen LogP contribution < -0.4 is 140 Å². The van der Waals surface area contributed by atoms with E-state index in [0.29, 0.717) is 11.1 Å².